The maximum atomic E-state index is 13.2. The van der Waals surface area contributed by atoms with Crippen molar-refractivity contribution in [1.29, 1.82) is 0 Å². The normalized spacial score (nSPS) is 12.4. The lowest BCUT2D eigenvalue weighted by atomic mass is 9.85. The molecule has 0 fully saturated rings. The molecule has 0 heterocycles. The molecule has 0 saturated heterocycles. The number of halogens is 1. The first-order valence-electron chi connectivity index (χ1n) is 6.61. The fraction of sp³-hybridized carbons (Fsp3) is 0.571. The van der Waals surface area contributed by atoms with Crippen molar-refractivity contribution >= 4 is 10.0 Å². The van der Waals surface area contributed by atoms with E-state index in [1.54, 1.807) is 6.07 Å². The lowest BCUT2D eigenvalue weighted by Crippen LogP contribution is -2.37. The fourth-order valence-electron chi connectivity index (χ4n) is 2.09. The number of rotatable bonds is 7. The number of hydrogen-bond donors (Lipinski definition) is 1. The van der Waals surface area contributed by atoms with Crippen LogP contribution in [0.2, 0.25) is 0 Å². The summed E-state index contributed by atoms with van der Waals surface area (Å²) in [6.45, 7) is 5.81. The van der Waals surface area contributed by atoms with Crippen molar-refractivity contribution in [3.05, 3.63) is 29.6 Å². The number of primary sulfonamides is 1. The second kappa shape index (κ2) is 6.54. The van der Waals surface area contributed by atoms with E-state index in [0.29, 0.717) is 18.6 Å². The summed E-state index contributed by atoms with van der Waals surface area (Å²) in [6.07, 6.45) is 1.24. The largest absolute Gasteiger partial charge is 0.493 e. The van der Waals surface area contributed by atoms with Crippen LogP contribution in [0.25, 0.3) is 0 Å². The molecule has 0 saturated carbocycles. The molecule has 1 aromatic rings. The molecule has 0 amide bonds. The van der Waals surface area contributed by atoms with Crippen molar-refractivity contribution in [2.24, 2.45) is 10.6 Å². The zero-order valence-corrected chi connectivity index (χ0v) is 13.0. The molecule has 2 N–H and O–H groups in total. The molecule has 0 spiro atoms. The third-order valence-corrected chi connectivity index (χ3v) is 4.71. The summed E-state index contributed by atoms with van der Waals surface area (Å²) in [5.74, 6) is -0.0807. The van der Waals surface area contributed by atoms with E-state index in [2.05, 4.69) is 0 Å². The molecule has 1 aromatic carbocycles. The summed E-state index contributed by atoms with van der Waals surface area (Å²) in [5.41, 5.74) is 0.259. The van der Waals surface area contributed by atoms with Crippen molar-refractivity contribution < 1.29 is 17.5 Å². The predicted octanol–water partition coefficient (Wildman–Crippen LogP) is 2.61. The first-order valence-corrected chi connectivity index (χ1v) is 8.32. The molecule has 0 aliphatic heterocycles. The molecule has 1 rings (SSSR count). The van der Waals surface area contributed by atoms with Crippen molar-refractivity contribution in [1.82, 2.24) is 0 Å². The fourth-order valence-corrected chi connectivity index (χ4v) is 3.43. The van der Waals surface area contributed by atoms with Gasteiger partial charge in [-0.3, -0.25) is 0 Å². The van der Waals surface area contributed by atoms with E-state index in [1.807, 2.05) is 20.8 Å². The molecule has 0 aromatic heterocycles. The molecule has 0 aliphatic rings. The molecule has 0 radical (unpaired) electrons. The number of hydrogen-bond acceptors (Lipinski definition) is 3. The molecule has 20 heavy (non-hydrogen) atoms. The molecule has 0 bridgehead atoms. The number of ether oxygens (including phenoxy) is 1. The maximum absolute atomic E-state index is 13.2. The quantitative estimate of drug-likeness (QED) is 0.841. The average Bonchev–Trinajstić information content (AvgIpc) is 2.37. The Morgan fingerprint density at radius 2 is 1.90 bits per heavy atom. The van der Waals surface area contributed by atoms with Crippen molar-refractivity contribution in [3.63, 3.8) is 0 Å². The average molecular weight is 303 g/mol. The van der Waals surface area contributed by atoms with Gasteiger partial charge in [-0.2, -0.15) is 0 Å². The minimum atomic E-state index is -3.58. The summed E-state index contributed by atoms with van der Waals surface area (Å²) in [7, 11) is -3.58. The predicted molar refractivity (Wildman–Crippen MR) is 77.6 cm³/mol. The Kier molecular flexibility index (Phi) is 5.53. The van der Waals surface area contributed by atoms with E-state index >= 15 is 0 Å². The lowest BCUT2D eigenvalue weighted by molar-refractivity contribution is 0.153. The van der Waals surface area contributed by atoms with Gasteiger partial charge in [-0.15, -0.1) is 0 Å². The Bertz CT molecular complexity index is 554. The first-order chi connectivity index (χ1) is 9.21. The van der Waals surface area contributed by atoms with E-state index < -0.39 is 15.4 Å². The highest BCUT2D eigenvalue weighted by Crippen LogP contribution is 2.30. The van der Waals surface area contributed by atoms with E-state index in [0.717, 1.165) is 5.56 Å². The van der Waals surface area contributed by atoms with Gasteiger partial charge in [0.2, 0.25) is 10.0 Å². The van der Waals surface area contributed by atoms with Gasteiger partial charge in [0, 0.05) is 11.5 Å². The van der Waals surface area contributed by atoms with Crippen LogP contribution >= 0.6 is 0 Å². The summed E-state index contributed by atoms with van der Waals surface area (Å²) in [6, 6.07) is 4.30. The van der Waals surface area contributed by atoms with Crippen LogP contribution in [0.15, 0.2) is 18.2 Å². The van der Waals surface area contributed by atoms with Gasteiger partial charge in [0.05, 0.1) is 12.4 Å². The van der Waals surface area contributed by atoms with Crippen LogP contribution in [-0.2, 0) is 10.0 Å². The van der Waals surface area contributed by atoms with Gasteiger partial charge in [0.1, 0.15) is 11.6 Å². The van der Waals surface area contributed by atoms with E-state index in [9.17, 15) is 12.8 Å². The van der Waals surface area contributed by atoms with Gasteiger partial charge in [-0.1, -0.05) is 19.9 Å². The molecule has 4 nitrogen and oxygen atoms in total. The molecule has 6 heteroatoms. The van der Waals surface area contributed by atoms with Gasteiger partial charge < -0.3 is 4.74 Å². The summed E-state index contributed by atoms with van der Waals surface area (Å²) < 4.78 is 41.6. The van der Waals surface area contributed by atoms with Crippen LogP contribution in [0.4, 0.5) is 4.39 Å². The number of nitrogens with two attached hydrogens (primary N) is 1. The van der Waals surface area contributed by atoms with Crippen LogP contribution in [0.5, 0.6) is 5.75 Å². The monoisotopic (exact) mass is 303 g/mol. The molecular formula is C14H22FNO3S. The van der Waals surface area contributed by atoms with Gasteiger partial charge >= 0.3 is 0 Å². The summed E-state index contributed by atoms with van der Waals surface area (Å²) in [5, 5.41) is 5.15. The highest BCUT2D eigenvalue weighted by Gasteiger charge is 2.32. The SMILES string of the molecule is CCC(CC)(COc1cc(F)ccc1C)CS(N)(=O)=O. The Morgan fingerprint density at radius 1 is 1.30 bits per heavy atom. The molecule has 0 unspecified atom stereocenters. The minimum absolute atomic E-state index is 0.138. The maximum Gasteiger partial charge on any atom is 0.209 e. The molecule has 0 atom stereocenters. The van der Waals surface area contributed by atoms with Crippen LogP contribution in [0.3, 0.4) is 0 Å². The summed E-state index contributed by atoms with van der Waals surface area (Å²) in [4.78, 5) is 0. The van der Waals surface area contributed by atoms with E-state index in [1.165, 1.54) is 12.1 Å². The van der Waals surface area contributed by atoms with E-state index in [-0.39, 0.29) is 18.2 Å². The second-order valence-electron chi connectivity index (χ2n) is 5.21. The molecular weight excluding hydrogens is 281 g/mol. The third-order valence-electron chi connectivity index (χ3n) is 3.69. The highest BCUT2D eigenvalue weighted by molar-refractivity contribution is 7.89. The minimum Gasteiger partial charge on any atom is -0.493 e. The Labute approximate surface area is 120 Å². The lowest BCUT2D eigenvalue weighted by Gasteiger charge is -2.30. The number of aryl methyl sites for hydroxylation is 1. The second-order valence-corrected chi connectivity index (χ2v) is 6.83. The Morgan fingerprint density at radius 3 is 2.40 bits per heavy atom. The smallest absolute Gasteiger partial charge is 0.209 e. The van der Waals surface area contributed by atoms with Crippen LogP contribution < -0.4 is 9.88 Å². The zero-order chi connectivity index (χ0) is 15.4. The van der Waals surface area contributed by atoms with Crippen molar-refractivity contribution in [3.8, 4) is 5.75 Å². The molecule has 114 valence electrons. The number of sulfonamides is 1. The van der Waals surface area contributed by atoms with Crippen LogP contribution in [-0.4, -0.2) is 20.8 Å². The Hall–Kier alpha value is -1.14. The summed E-state index contributed by atoms with van der Waals surface area (Å²) >= 11 is 0. The van der Waals surface area contributed by atoms with E-state index in [4.69, 9.17) is 9.88 Å². The van der Waals surface area contributed by atoms with Crippen molar-refractivity contribution in [2.45, 2.75) is 33.6 Å². The Balaban J connectivity index is 2.89. The standard InChI is InChI=1S/C14H22FNO3S/c1-4-14(5-2,10-20(16,17)18)9-19-13-8-12(15)7-6-11(13)3/h6-8H,4-5,9-10H2,1-3H3,(H2,16,17,18). The van der Waals surface area contributed by atoms with Gasteiger partial charge in [-0.25, -0.2) is 17.9 Å². The van der Waals surface area contributed by atoms with Crippen LogP contribution in [0, 0.1) is 18.2 Å². The van der Waals surface area contributed by atoms with Crippen molar-refractivity contribution in [2.75, 3.05) is 12.4 Å². The molecule has 0 aliphatic carbocycles. The topological polar surface area (TPSA) is 69.4 Å². The van der Waals surface area contributed by atoms with Gasteiger partial charge in [-0.05, 0) is 31.4 Å². The number of benzene rings is 1. The van der Waals surface area contributed by atoms with Crippen LogP contribution in [0.1, 0.15) is 32.3 Å². The first kappa shape index (κ1) is 16.9. The third kappa shape index (κ3) is 4.76. The highest BCUT2D eigenvalue weighted by atomic mass is 32.2. The zero-order valence-electron chi connectivity index (χ0n) is 12.1. The van der Waals surface area contributed by atoms with Gasteiger partial charge in [0.25, 0.3) is 0 Å². The van der Waals surface area contributed by atoms with Gasteiger partial charge in [0.15, 0.2) is 0 Å².